The van der Waals surface area contributed by atoms with Gasteiger partial charge < -0.3 is 15.5 Å². The molecule has 0 spiro atoms. The van der Waals surface area contributed by atoms with Gasteiger partial charge >= 0.3 is 0 Å². The summed E-state index contributed by atoms with van der Waals surface area (Å²) < 4.78 is 23.0. The van der Waals surface area contributed by atoms with E-state index in [2.05, 4.69) is 27.4 Å². The van der Waals surface area contributed by atoms with E-state index in [0.29, 0.717) is 12.5 Å². The molecule has 0 aromatic rings. The second-order valence-corrected chi connectivity index (χ2v) is 8.77. The highest BCUT2D eigenvalue weighted by Gasteiger charge is 2.14. The third-order valence-electron chi connectivity index (χ3n) is 4.27. The number of guanidine groups is 1. The zero-order valence-electron chi connectivity index (χ0n) is 15.4. The number of sulfone groups is 1. The summed E-state index contributed by atoms with van der Waals surface area (Å²) in [4.78, 5) is 7.05. The lowest BCUT2D eigenvalue weighted by molar-refractivity contribution is 0.192. The molecule has 0 aliphatic carbocycles. The van der Waals surface area contributed by atoms with E-state index in [-0.39, 0.29) is 35.5 Å². The van der Waals surface area contributed by atoms with Crippen LogP contribution in [0.3, 0.4) is 0 Å². The Morgan fingerprint density at radius 2 is 1.88 bits per heavy atom. The molecule has 1 aliphatic rings. The number of likely N-dealkylation sites (tertiary alicyclic amines) is 1. The fourth-order valence-corrected chi connectivity index (χ4v) is 3.28. The predicted octanol–water partition coefficient (Wildman–Crippen LogP) is 1.72. The molecule has 144 valence electrons. The Labute approximate surface area is 165 Å². The van der Waals surface area contributed by atoms with Crippen LogP contribution in [0.15, 0.2) is 4.99 Å². The lowest BCUT2D eigenvalue weighted by atomic mass is 9.99. The molecule has 0 aromatic heterocycles. The van der Waals surface area contributed by atoms with E-state index < -0.39 is 9.84 Å². The first-order chi connectivity index (χ1) is 11.0. The quantitative estimate of drug-likeness (QED) is 0.231. The molecule has 1 rings (SSSR count). The van der Waals surface area contributed by atoms with Crippen LogP contribution in [0.1, 0.15) is 40.0 Å². The molecule has 0 amide bonds. The molecule has 0 unspecified atom stereocenters. The van der Waals surface area contributed by atoms with Gasteiger partial charge in [0, 0.05) is 25.4 Å². The minimum atomic E-state index is -2.93. The maximum absolute atomic E-state index is 11.5. The van der Waals surface area contributed by atoms with Gasteiger partial charge in [-0.05, 0) is 51.7 Å². The standard InChI is InChI=1S/C16H34N4O2S.HI/c1-4-17-16(19-10-14-23(21,22)5-2)18-9-6-11-20-12-7-15(3)8-13-20;/h15H,4-14H2,1-3H3,(H2,17,18,19);1H. The topological polar surface area (TPSA) is 73.8 Å². The Morgan fingerprint density at radius 3 is 2.46 bits per heavy atom. The van der Waals surface area contributed by atoms with Crippen LogP contribution >= 0.6 is 24.0 Å². The van der Waals surface area contributed by atoms with Crippen molar-refractivity contribution in [1.82, 2.24) is 15.5 Å². The molecule has 0 aromatic carbocycles. The van der Waals surface area contributed by atoms with Gasteiger partial charge in [0.1, 0.15) is 0 Å². The van der Waals surface area contributed by atoms with Crippen LogP contribution in [0.4, 0.5) is 0 Å². The van der Waals surface area contributed by atoms with E-state index in [1.807, 2.05) is 6.92 Å². The van der Waals surface area contributed by atoms with Gasteiger partial charge in [-0.25, -0.2) is 8.42 Å². The lowest BCUT2D eigenvalue weighted by Gasteiger charge is -2.29. The van der Waals surface area contributed by atoms with Crippen LogP contribution in [0.5, 0.6) is 0 Å². The second kappa shape index (κ2) is 13.2. The van der Waals surface area contributed by atoms with Gasteiger partial charge in [0.2, 0.25) is 0 Å². The molecule has 6 nitrogen and oxygen atoms in total. The van der Waals surface area contributed by atoms with Gasteiger partial charge in [0.25, 0.3) is 0 Å². The molecule has 0 bridgehead atoms. The number of halogens is 1. The molecule has 0 radical (unpaired) electrons. The van der Waals surface area contributed by atoms with Gasteiger partial charge in [-0.15, -0.1) is 24.0 Å². The van der Waals surface area contributed by atoms with Crippen molar-refractivity contribution in [1.29, 1.82) is 0 Å². The normalized spacial score (nSPS) is 17.4. The van der Waals surface area contributed by atoms with Crippen LogP contribution in [0, 0.1) is 5.92 Å². The van der Waals surface area contributed by atoms with E-state index in [9.17, 15) is 8.42 Å². The monoisotopic (exact) mass is 474 g/mol. The maximum atomic E-state index is 11.5. The summed E-state index contributed by atoms with van der Waals surface area (Å²) in [6.07, 6.45) is 3.65. The lowest BCUT2D eigenvalue weighted by Crippen LogP contribution is -2.40. The highest BCUT2D eigenvalue weighted by molar-refractivity contribution is 14.0. The number of rotatable bonds is 9. The number of nitrogens with one attached hydrogen (secondary N) is 2. The van der Waals surface area contributed by atoms with Crippen LogP contribution in [0.2, 0.25) is 0 Å². The van der Waals surface area contributed by atoms with Crippen LogP contribution < -0.4 is 10.6 Å². The molecule has 0 atom stereocenters. The van der Waals surface area contributed by atoms with Crippen molar-refractivity contribution in [3.63, 3.8) is 0 Å². The maximum Gasteiger partial charge on any atom is 0.191 e. The van der Waals surface area contributed by atoms with Crippen molar-refractivity contribution in [2.75, 3.05) is 50.8 Å². The van der Waals surface area contributed by atoms with Crippen molar-refractivity contribution >= 4 is 39.8 Å². The SMILES string of the molecule is CCNC(=NCCCN1CCC(C)CC1)NCCS(=O)(=O)CC.I. The Kier molecular flexibility index (Phi) is 13.1. The second-order valence-electron chi connectivity index (χ2n) is 6.30. The first-order valence-electron chi connectivity index (χ1n) is 8.91. The summed E-state index contributed by atoms with van der Waals surface area (Å²) in [5.41, 5.74) is 0. The molecular formula is C16H35IN4O2S. The number of hydrogen-bond donors (Lipinski definition) is 2. The molecular weight excluding hydrogens is 439 g/mol. The molecule has 1 aliphatic heterocycles. The van der Waals surface area contributed by atoms with E-state index in [4.69, 9.17) is 0 Å². The van der Waals surface area contributed by atoms with Crippen molar-refractivity contribution in [2.45, 2.75) is 40.0 Å². The van der Waals surface area contributed by atoms with E-state index >= 15 is 0 Å². The van der Waals surface area contributed by atoms with Crippen LogP contribution in [0.25, 0.3) is 0 Å². The molecule has 1 saturated heterocycles. The van der Waals surface area contributed by atoms with E-state index in [1.54, 1.807) is 6.92 Å². The molecule has 2 N–H and O–H groups in total. The predicted molar refractivity (Wildman–Crippen MR) is 113 cm³/mol. The van der Waals surface area contributed by atoms with E-state index in [1.165, 1.54) is 25.9 Å². The summed E-state index contributed by atoms with van der Waals surface area (Å²) in [7, 11) is -2.93. The van der Waals surface area contributed by atoms with Crippen molar-refractivity contribution in [3.8, 4) is 0 Å². The smallest absolute Gasteiger partial charge is 0.191 e. The van der Waals surface area contributed by atoms with Gasteiger partial charge in [-0.1, -0.05) is 13.8 Å². The van der Waals surface area contributed by atoms with Crippen LogP contribution in [-0.4, -0.2) is 70.1 Å². The minimum Gasteiger partial charge on any atom is -0.357 e. The fourth-order valence-electron chi connectivity index (χ4n) is 2.58. The molecule has 1 heterocycles. The first-order valence-corrected chi connectivity index (χ1v) is 10.7. The average Bonchev–Trinajstić information content (AvgIpc) is 2.53. The Hall–Kier alpha value is -0.0900. The highest BCUT2D eigenvalue weighted by Crippen LogP contribution is 2.15. The largest absolute Gasteiger partial charge is 0.357 e. The molecule has 0 saturated carbocycles. The number of aliphatic imine (C=N–C) groups is 1. The third kappa shape index (κ3) is 10.7. The highest BCUT2D eigenvalue weighted by atomic mass is 127. The fraction of sp³-hybridized carbons (Fsp3) is 0.938. The number of nitrogens with zero attached hydrogens (tertiary/aromatic N) is 2. The molecule has 1 fully saturated rings. The summed E-state index contributed by atoms with van der Waals surface area (Å²) in [5, 5.41) is 6.26. The van der Waals surface area contributed by atoms with Crippen molar-refractivity contribution < 1.29 is 8.42 Å². The number of piperidine rings is 1. The van der Waals surface area contributed by atoms with Crippen LogP contribution in [-0.2, 0) is 9.84 Å². The summed E-state index contributed by atoms with van der Waals surface area (Å²) in [5.74, 6) is 1.93. The minimum absolute atomic E-state index is 0. The van der Waals surface area contributed by atoms with Gasteiger partial charge in [-0.2, -0.15) is 0 Å². The van der Waals surface area contributed by atoms with Gasteiger partial charge in [0.05, 0.1) is 5.75 Å². The summed E-state index contributed by atoms with van der Waals surface area (Å²) in [6, 6.07) is 0. The van der Waals surface area contributed by atoms with Gasteiger partial charge in [-0.3, -0.25) is 4.99 Å². The Morgan fingerprint density at radius 1 is 1.21 bits per heavy atom. The Bertz CT molecular complexity index is 449. The zero-order chi connectivity index (χ0) is 17.1. The average molecular weight is 474 g/mol. The number of hydrogen-bond acceptors (Lipinski definition) is 4. The third-order valence-corrected chi connectivity index (χ3v) is 5.97. The summed E-state index contributed by atoms with van der Waals surface area (Å²) >= 11 is 0. The molecule has 24 heavy (non-hydrogen) atoms. The van der Waals surface area contributed by atoms with Crippen molar-refractivity contribution in [2.24, 2.45) is 10.9 Å². The summed E-state index contributed by atoms with van der Waals surface area (Å²) in [6.45, 7) is 11.5. The Balaban J connectivity index is 0.00000529. The van der Waals surface area contributed by atoms with Crippen molar-refractivity contribution in [3.05, 3.63) is 0 Å². The van der Waals surface area contributed by atoms with E-state index in [0.717, 1.165) is 32.0 Å². The first kappa shape index (κ1) is 23.9. The zero-order valence-corrected chi connectivity index (χ0v) is 18.5. The van der Waals surface area contributed by atoms with Gasteiger partial charge in [0.15, 0.2) is 15.8 Å². The molecule has 8 heteroatoms.